The molecule has 2 heterocycles. The minimum absolute atomic E-state index is 0.114. The molecule has 0 saturated carbocycles. The van der Waals surface area contributed by atoms with Gasteiger partial charge in [-0.25, -0.2) is 4.98 Å². The molecule has 1 aromatic heterocycles. The van der Waals surface area contributed by atoms with Gasteiger partial charge in [0.05, 0.1) is 11.9 Å². The van der Waals surface area contributed by atoms with Gasteiger partial charge >= 0.3 is 0 Å². The third-order valence-electron chi connectivity index (χ3n) is 2.87. The fraction of sp³-hybridized carbons (Fsp3) is 0.500. The fourth-order valence-electron chi connectivity index (χ4n) is 2.07. The molecule has 1 aromatic rings. The molecule has 1 saturated heterocycles. The van der Waals surface area contributed by atoms with Crippen molar-refractivity contribution in [2.24, 2.45) is 5.73 Å². The van der Waals surface area contributed by atoms with Gasteiger partial charge in [-0.3, -0.25) is 4.79 Å². The highest BCUT2D eigenvalue weighted by Crippen LogP contribution is 2.28. The molecule has 0 spiro atoms. The van der Waals surface area contributed by atoms with E-state index >= 15 is 0 Å². The average Bonchev–Trinajstić information content (AvgIpc) is 2.32. The standard InChI is InChI=1S/C10H14ClN5O/c11-10-14-5-6(12)9(15-10)16-4-2-1-3-7(16)8(13)17/h5,7H,1-4,12H2,(H2,13,17). The Hall–Kier alpha value is -1.56. The molecular weight excluding hydrogens is 242 g/mol. The number of carbonyl (C=O) groups excluding carboxylic acids is 1. The summed E-state index contributed by atoms with van der Waals surface area (Å²) in [5, 5.41) is 0.114. The van der Waals surface area contributed by atoms with Crippen LogP contribution in [0.25, 0.3) is 0 Å². The molecule has 1 aliphatic heterocycles. The monoisotopic (exact) mass is 255 g/mol. The Labute approximate surface area is 104 Å². The number of primary amides is 1. The van der Waals surface area contributed by atoms with Crippen LogP contribution in [0.4, 0.5) is 11.5 Å². The van der Waals surface area contributed by atoms with E-state index in [0.717, 1.165) is 19.3 Å². The smallest absolute Gasteiger partial charge is 0.240 e. The van der Waals surface area contributed by atoms with Crippen molar-refractivity contribution in [3.63, 3.8) is 0 Å². The first-order valence-corrected chi connectivity index (χ1v) is 5.81. The topological polar surface area (TPSA) is 98.1 Å². The van der Waals surface area contributed by atoms with Gasteiger partial charge in [0.2, 0.25) is 11.2 Å². The molecule has 1 aliphatic rings. The van der Waals surface area contributed by atoms with Gasteiger partial charge < -0.3 is 16.4 Å². The molecule has 1 fully saturated rings. The van der Waals surface area contributed by atoms with Crippen LogP contribution in [0.3, 0.4) is 0 Å². The molecule has 17 heavy (non-hydrogen) atoms. The molecule has 0 radical (unpaired) electrons. The van der Waals surface area contributed by atoms with Crippen LogP contribution in [-0.2, 0) is 4.79 Å². The Kier molecular flexibility index (Phi) is 3.33. The van der Waals surface area contributed by atoms with Crippen LogP contribution in [0.5, 0.6) is 0 Å². The lowest BCUT2D eigenvalue weighted by molar-refractivity contribution is -0.119. The molecule has 0 aliphatic carbocycles. The van der Waals surface area contributed by atoms with E-state index in [1.165, 1.54) is 6.20 Å². The first-order chi connectivity index (χ1) is 8.09. The van der Waals surface area contributed by atoms with Crippen molar-refractivity contribution in [1.29, 1.82) is 0 Å². The SMILES string of the molecule is NC(=O)C1CCCCN1c1nc(Cl)ncc1N. The second kappa shape index (κ2) is 4.75. The van der Waals surface area contributed by atoms with Crippen LogP contribution in [0.15, 0.2) is 6.20 Å². The predicted molar refractivity (Wildman–Crippen MR) is 65.6 cm³/mol. The lowest BCUT2D eigenvalue weighted by atomic mass is 10.0. The zero-order chi connectivity index (χ0) is 12.4. The lowest BCUT2D eigenvalue weighted by Gasteiger charge is -2.35. The highest BCUT2D eigenvalue weighted by atomic mass is 35.5. The molecule has 7 heteroatoms. The van der Waals surface area contributed by atoms with Crippen molar-refractivity contribution >= 4 is 29.0 Å². The maximum absolute atomic E-state index is 11.4. The molecule has 92 valence electrons. The Morgan fingerprint density at radius 2 is 2.29 bits per heavy atom. The summed E-state index contributed by atoms with van der Waals surface area (Å²) < 4.78 is 0. The van der Waals surface area contributed by atoms with E-state index in [0.29, 0.717) is 18.1 Å². The largest absolute Gasteiger partial charge is 0.394 e. The first kappa shape index (κ1) is 11.9. The van der Waals surface area contributed by atoms with Crippen LogP contribution >= 0.6 is 11.6 Å². The Morgan fingerprint density at radius 3 is 3.00 bits per heavy atom. The normalized spacial score (nSPS) is 20.3. The average molecular weight is 256 g/mol. The van der Waals surface area contributed by atoms with E-state index in [1.54, 1.807) is 0 Å². The number of piperidine rings is 1. The van der Waals surface area contributed by atoms with E-state index in [4.69, 9.17) is 23.1 Å². The highest BCUT2D eigenvalue weighted by Gasteiger charge is 2.29. The number of halogens is 1. The number of carbonyl (C=O) groups is 1. The molecule has 1 atom stereocenters. The van der Waals surface area contributed by atoms with Crippen molar-refractivity contribution in [3.05, 3.63) is 11.5 Å². The maximum atomic E-state index is 11.4. The molecule has 6 nitrogen and oxygen atoms in total. The summed E-state index contributed by atoms with van der Waals surface area (Å²) >= 11 is 5.74. The van der Waals surface area contributed by atoms with Gasteiger partial charge in [0.15, 0.2) is 5.82 Å². The molecular formula is C10H14ClN5O. The van der Waals surface area contributed by atoms with Gasteiger partial charge in [0, 0.05) is 6.54 Å². The highest BCUT2D eigenvalue weighted by molar-refractivity contribution is 6.28. The summed E-state index contributed by atoms with van der Waals surface area (Å²) in [6, 6.07) is -0.364. The van der Waals surface area contributed by atoms with E-state index < -0.39 is 0 Å². The number of nitrogens with two attached hydrogens (primary N) is 2. The molecule has 0 aromatic carbocycles. The van der Waals surface area contributed by atoms with Crippen molar-refractivity contribution in [1.82, 2.24) is 9.97 Å². The lowest BCUT2D eigenvalue weighted by Crippen LogP contribution is -2.48. The van der Waals surface area contributed by atoms with Crippen LogP contribution in [0.1, 0.15) is 19.3 Å². The number of hydrogen-bond acceptors (Lipinski definition) is 5. The molecule has 2 rings (SSSR count). The molecule has 1 amide bonds. The number of rotatable bonds is 2. The molecule has 4 N–H and O–H groups in total. The van der Waals surface area contributed by atoms with E-state index in [2.05, 4.69) is 9.97 Å². The Balaban J connectivity index is 2.35. The first-order valence-electron chi connectivity index (χ1n) is 5.43. The summed E-state index contributed by atoms with van der Waals surface area (Å²) in [5.41, 5.74) is 11.6. The number of nitrogens with zero attached hydrogens (tertiary/aromatic N) is 3. The quantitative estimate of drug-likeness (QED) is 0.753. The van der Waals surface area contributed by atoms with E-state index in [1.807, 2.05) is 4.90 Å². The van der Waals surface area contributed by atoms with Gasteiger partial charge in [-0.2, -0.15) is 4.98 Å². The third-order valence-corrected chi connectivity index (χ3v) is 3.05. The minimum atomic E-state index is -0.364. The van der Waals surface area contributed by atoms with Crippen LogP contribution in [0, 0.1) is 0 Å². The van der Waals surface area contributed by atoms with E-state index in [-0.39, 0.29) is 17.2 Å². The van der Waals surface area contributed by atoms with Crippen molar-refractivity contribution in [3.8, 4) is 0 Å². The Bertz CT molecular complexity index is 439. The fourth-order valence-corrected chi connectivity index (χ4v) is 2.20. The summed E-state index contributed by atoms with van der Waals surface area (Å²) in [5.74, 6) is 0.132. The molecule has 0 bridgehead atoms. The van der Waals surface area contributed by atoms with Crippen molar-refractivity contribution in [2.75, 3.05) is 17.2 Å². The number of nitrogen functional groups attached to an aromatic ring is 1. The summed E-state index contributed by atoms with van der Waals surface area (Å²) in [6.45, 7) is 0.700. The van der Waals surface area contributed by atoms with Gasteiger partial charge in [0.1, 0.15) is 6.04 Å². The van der Waals surface area contributed by atoms with Gasteiger partial charge in [-0.15, -0.1) is 0 Å². The number of amides is 1. The predicted octanol–water partition coefficient (Wildman–Crippen LogP) is 0.556. The van der Waals surface area contributed by atoms with Gasteiger partial charge in [0.25, 0.3) is 0 Å². The van der Waals surface area contributed by atoms with Crippen LogP contribution in [0.2, 0.25) is 5.28 Å². The second-order valence-electron chi connectivity index (χ2n) is 4.03. The third kappa shape index (κ3) is 2.41. The minimum Gasteiger partial charge on any atom is -0.394 e. The van der Waals surface area contributed by atoms with Gasteiger partial charge in [-0.05, 0) is 30.9 Å². The second-order valence-corrected chi connectivity index (χ2v) is 4.36. The summed E-state index contributed by atoms with van der Waals surface area (Å²) in [6.07, 6.45) is 4.11. The summed E-state index contributed by atoms with van der Waals surface area (Å²) in [7, 11) is 0. The zero-order valence-electron chi connectivity index (χ0n) is 9.27. The number of aromatic nitrogens is 2. The number of hydrogen-bond donors (Lipinski definition) is 2. The van der Waals surface area contributed by atoms with E-state index in [9.17, 15) is 4.79 Å². The number of anilines is 2. The Morgan fingerprint density at radius 1 is 1.53 bits per heavy atom. The zero-order valence-corrected chi connectivity index (χ0v) is 10.0. The molecule has 1 unspecified atom stereocenters. The van der Waals surface area contributed by atoms with Crippen molar-refractivity contribution < 1.29 is 4.79 Å². The summed E-state index contributed by atoms with van der Waals surface area (Å²) in [4.78, 5) is 21.1. The van der Waals surface area contributed by atoms with Crippen molar-refractivity contribution in [2.45, 2.75) is 25.3 Å². The van der Waals surface area contributed by atoms with Gasteiger partial charge in [-0.1, -0.05) is 0 Å². The maximum Gasteiger partial charge on any atom is 0.240 e. The van der Waals surface area contributed by atoms with Crippen LogP contribution < -0.4 is 16.4 Å². The van der Waals surface area contributed by atoms with Crippen LogP contribution in [-0.4, -0.2) is 28.5 Å².